The maximum absolute atomic E-state index is 14.9. The van der Waals surface area contributed by atoms with Gasteiger partial charge in [-0.1, -0.05) is 31.2 Å². The van der Waals surface area contributed by atoms with Crippen molar-refractivity contribution in [3.63, 3.8) is 0 Å². The molecular weight excluding hydrogens is 419 g/mol. The molecule has 1 aliphatic heterocycles. The quantitative estimate of drug-likeness (QED) is 0.635. The first-order valence-corrected chi connectivity index (χ1v) is 11.5. The number of nitriles is 1. The zero-order valence-electron chi connectivity index (χ0n) is 18.6. The zero-order valence-corrected chi connectivity index (χ0v) is 18.6. The van der Waals surface area contributed by atoms with Crippen LogP contribution in [-0.4, -0.2) is 29.9 Å². The van der Waals surface area contributed by atoms with E-state index in [1.165, 1.54) is 13.0 Å². The molecule has 6 unspecified atom stereocenters. The molecule has 0 spiro atoms. The summed E-state index contributed by atoms with van der Waals surface area (Å²) in [5.74, 6) is 1.65. The number of rotatable bonds is 6. The minimum atomic E-state index is -0.789. The number of hydrogen-bond donors (Lipinski definition) is 3. The van der Waals surface area contributed by atoms with Crippen molar-refractivity contribution in [2.24, 2.45) is 23.7 Å². The summed E-state index contributed by atoms with van der Waals surface area (Å²) in [6, 6.07) is 13.5. The van der Waals surface area contributed by atoms with Gasteiger partial charge in [-0.05, 0) is 65.0 Å². The molecule has 2 aliphatic carbocycles. The Balaban J connectivity index is 1.22. The molecule has 1 heterocycles. The second-order valence-electron chi connectivity index (χ2n) is 9.62. The molecule has 1 saturated heterocycles. The van der Waals surface area contributed by atoms with E-state index in [1.54, 1.807) is 24.3 Å². The lowest BCUT2D eigenvalue weighted by atomic mass is 9.94. The summed E-state index contributed by atoms with van der Waals surface area (Å²) in [6.07, 6.45) is 1.15. The zero-order chi connectivity index (χ0) is 23.3. The van der Waals surface area contributed by atoms with E-state index >= 15 is 0 Å². The summed E-state index contributed by atoms with van der Waals surface area (Å²) in [5, 5.41) is 18.6. The minimum Gasteiger partial charge on any atom is -0.339 e. The van der Waals surface area contributed by atoms with Crippen LogP contribution in [0.5, 0.6) is 0 Å². The van der Waals surface area contributed by atoms with Crippen molar-refractivity contribution in [2.45, 2.75) is 44.8 Å². The molecule has 6 nitrogen and oxygen atoms in total. The highest BCUT2D eigenvalue weighted by atomic mass is 19.1. The standard InChI is InChI=1S/C26H27FN4O2/c1-13-23-20-11-22(24(13)23)31-25(20)26(33)30-19(12-28)9-17-4-3-16(10-21(17)27)15-5-7-18(8-6-15)29-14(2)32/h3-8,10,13,19-20,22-25,31H,9,11H2,1-2H3,(H,29,32)(H,30,33)/t13?,19-,20?,22?,23?,24?,25?/m0/s1. The van der Waals surface area contributed by atoms with Gasteiger partial charge in [-0.15, -0.1) is 0 Å². The van der Waals surface area contributed by atoms with Crippen LogP contribution in [-0.2, 0) is 16.0 Å². The van der Waals surface area contributed by atoms with Gasteiger partial charge in [0.15, 0.2) is 0 Å². The van der Waals surface area contributed by atoms with E-state index in [0.717, 1.165) is 12.0 Å². The van der Waals surface area contributed by atoms with Gasteiger partial charge in [0.05, 0.1) is 12.1 Å². The summed E-state index contributed by atoms with van der Waals surface area (Å²) in [7, 11) is 0. The van der Waals surface area contributed by atoms with Crippen molar-refractivity contribution >= 4 is 17.5 Å². The number of halogens is 1. The Labute approximate surface area is 192 Å². The van der Waals surface area contributed by atoms with Gasteiger partial charge in [0.1, 0.15) is 11.9 Å². The molecule has 2 saturated carbocycles. The highest BCUT2D eigenvalue weighted by Gasteiger charge is 2.67. The predicted octanol–water partition coefficient (Wildman–Crippen LogP) is 3.24. The van der Waals surface area contributed by atoms with Gasteiger partial charge >= 0.3 is 0 Å². The van der Waals surface area contributed by atoms with E-state index in [4.69, 9.17) is 0 Å². The third-order valence-corrected chi connectivity index (χ3v) is 7.60. The van der Waals surface area contributed by atoms with Gasteiger partial charge in [-0.3, -0.25) is 9.59 Å². The molecule has 2 bridgehead atoms. The highest BCUT2D eigenvalue weighted by Crippen LogP contribution is 2.64. The molecule has 2 aromatic rings. The normalized spacial score (nSPS) is 29.6. The lowest BCUT2D eigenvalue weighted by Crippen LogP contribution is -2.51. The van der Waals surface area contributed by atoms with E-state index < -0.39 is 11.9 Å². The first-order valence-electron chi connectivity index (χ1n) is 11.5. The number of piperidine rings is 1. The van der Waals surface area contributed by atoms with Gasteiger partial charge in [0.25, 0.3) is 0 Å². The Hall–Kier alpha value is -3.24. The highest BCUT2D eigenvalue weighted by molar-refractivity contribution is 5.89. The molecule has 7 heteroatoms. The largest absolute Gasteiger partial charge is 0.339 e. The number of amides is 2. The molecule has 5 rings (SSSR count). The van der Waals surface area contributed by atoms with E-state index in [2.05, 4.69) is 28.9 Å². The summed E-state index contributed by atoms with van der Waals surface area (Å²) in [4.78, 5) is 24.0. The lowest BCUT2D eigenvalue weighted by molar-refractivity contribution is -0.124. The van der Waals surface area contributed by atoms with Gasteiger partial charge < -0.3 is 16.0 Å². The Bertz CT molecular complexity index is 1140. The van der Waals surface area contributed by atoms with Crippen LogP contribution >= 0.6 is 0 Å². The lowest BCUT2D eigenvalue weighted by Gasteiger charge is -2.23. The number of carbonyl (C=O) groups excluding carboxylic acids is 2. The molecule has 3 N–H and O–H groups in total. The Morgan fingerprint density at radius 2 is 1.91 bits per heavy atom. The average molecular weight is 447 g/mol. The third kappa shape index (κ3) is 4.00. The summed E-state index contributed by atoms with van der Waals surface area (Å²) >= 11 is 0. The summed E-state index contributed by atoms with van der Waals surface area (Å²) < 4.78 is 14.9. The maximum Gasteiger partial charge on any atom is 0.238 e. The maximum atomic E-state index is 14.9. The molecule has 33 heavy (non-hydrogen) atoms. The first kappa shape index (κ1) is 21.6. The van der Waals surface area contributed by atoms with Crippen molar-refractivity contribution in [1.82, 2.24) is 10.6 Å². The fourth-order valence-electron chi connectivity index (χ4n) is 6.06. The molecule has 3 aliphatic rings. The van der Waals surface area contributed by atoms with Crippen molar-refractivity contribution in [3.8, 4) is 17.2 Å². The van der Waals surface area contributed by atoms with E-state index in [1.807, 2.05) is 12.1 Å². The molecule has 2 aromatic carbocycles. The van der Waals surface area contributed by atoms with Crippen molar-refractivity contribution in [3.05, 3.63) is 53.8 Å². The molecule has 170 valence electrons. The Morgan fingerprint density at radius 3 is 2.55 bits per heavy atom. The number of carbonyl (C=O) groups is 2. The molecule has 2 amide bonds. The van der Waals surface area contributed by atoms with Gasteiger partial charge in [-0.2, -0.15) is 5.26 Å². The number of nitrogens with one attached hydrogen (secondary N) is 3. The SMILES string of the molecule is CC(=O)Nc1ccc(-c2ccc(C[C@@H](C#N)NC(=O)C3NC4CC3C3C(C)C43)c(F)c2)cc1. The summed E-state index contributed by atoms with van der Waals surface area (Å²) in [5.41, 5.74) is 2.57. The van der Waals surface area contributed by atoms with Crippen LogP contribution in [0, 0.1) is 40.8 Å². The average Bonchev–Trinajstić information content (AvgIpc) is 3.14. The van der Waals surface area contributed by atoms with Gasteiger partial charge in [0.2, 0.25) is 11.8 Å². The predicted molar refractivity (Wildman–Crippen MR) is 122 cm³/mol. The second kappa shape index (κ2) is 8.27. The van der Waals surface area contributed by atoms with Crippen molar-refractivity contribution in [1.29, 1.82) is 5.26 Å². The van der Waals surface area contributed by atoms with Gasteiger partial charge in [0, 0.05) is 25.1 Å². The second-order valence-corrected chi connectivity index (χ2v) is 9.62. The van der Waals surface area contributed by atoms with E-state index in [9.17, 15) is 19.2 Å². The van der Waals surface area contributed by atoms with Crippen molar-refractivity contribution in [2.75, 3.05) is 5.32 Å². The molecule has 0 aromatic heterocycles. The number of benzene rings is 2. The fraction of sp³-hybridized carbons (Fsp3) is 0.423. The monoisotopic (exact) mass is 446 g/mol. The van der Waals surface area contributed by atoms with Crippen LogP contribution < -0.4 is 16.0 Å². The van der Waals surface area contributed by atoms with Crippen LogP contribution in [0.15, 0.2) is 42.5 Å². The smallest absolute Gasteiger partial charge is 0.238 e. The first-order chi connectivity index (χ1) is 15.9. The van der Waals surface area contributed by atoms with Crippen LogP contribution in [0.4, 0.5) is 10.1 Å². The molecule has 7 atom stereocenters. The molecule has 3 fully saturated rings. The Morgan fingerprint density at radius 1 is 1.18 bits per heavy atom. The number of anilines is 1. The number of nitrogens with zero attached hydrogens (tertiary/aromatic N) is 1. The van der Waals surface area contributed by atoms with E-state index in [-0.39, 0.29) is 24.3 Å². The number of hydrogen-bond acceptors (Lipinski definition) is 4. The van der Waals surface area contributed by atoms with Crippen LogP contribution in [0.3, 0.4) is 0 Å². The van der Waals surface area contributed by atoms with Crippen molar-refractivity contribution < 1.29 is 14.0 Å². The van der Waals surface area contributed by atoms with E-state index in [0.29, 0.717) is 46.5 Å². The summed E-state index contributed by atoms with van der Waals surface area (Å²) in [6.45, 7) is 3.69. The Kier molecular flexibility index (Phi) is 5.41. The third-order valence-electron chi connectivity index (χ3n) is 7.60. The minimum absolute atomic E-state index is 0.110. The fourth-order valence-corrected chi connectivity index (χ4v) is 6.06. The number of fused-ring (bicyclic) bond motifs is 5. The molecular formula is C26H27FN4O2. The van der Waals surface area contributed by atoms with Gasteiger partial charge in [-0.25, -0.2) is 4.39 Å². The topological polar surface area (TPSA) is 94.0 Å². The molecule has 0 radical (unpaired) electrons. The van der Waals surface area contributed by atoms with Crippen LogP contribution in [0.2, 0.25) is 0 Å². The van der Waals surface area contributed by atoms with Crippen LogP contribution in [0.25, 0.3) is 11.1 Å². The van der Waals surface area contributed by atoms with Crippen LogP contribution in [0.1, 0.15) is 25.8 Å².